The number of benzene rings is 1. The van der Waals surface area contributed by atoms with Crippen molar-refractivity contribution >= 4 is 69.7 Å². The lowest BCUT2D eigenvalue weighted by Crippen LogP contribution is -2.44. The summed E-state index contributed by atoms with van der Waals surface area (Å²) in [6.07, 6.45) is 0. The predicted molar refractivity (Wildman–Crippen MR) is 123 cm³/mol. The van der Waals surface area contributed by atoms with E-state index in [0.717, 1.165) is 29.1 Å². The molecule has 2 heterocycles. The first kappa shape index (κ1) is 22.4. The molecule has 0 radical (unpaired) electrons. The number of thiocarbonyl (C=S) groups is 1. The number of esters is 2. The van der Waals surface area contributed by atoms with Crippen LogP contribution in [0, 0.1) is 6.92 Å². The molecule has 1 aromatic carbocycles. The van der Waals surface area contributed by atoms with Crippen LogP contribution in [0.1, 0.15) is 35.3 Å². The predicted octanol–water partition coefficient (Wildman–Crippen LogP) is 3.37. The van der Waals surface area contributed by atoms with E-state index < -0.39 is 23.4 Å². The maximum absolute atomic E-state index is 12.3. The van der Waals surface area contributed by atoms with Crippen LogP contribution >= 0.6 is 35.7 Å². The minimum Gasteiger partial charge on any atom is -0.465 e. The fourth-order valence-corrected chi connectivity index (χ4v) is 6.17. The largest absolute Gasteiger partial charge is 0.465 e. The molecule has 1 amide bonds. The molecule has 2 aliphatic heterocycles. The molecule has 0 fully saturated rings. The number of thioether (sulfide) groups is 2. The van der Waals surface area contributed by atoms with Gasteiger partial charge in [0.05, 0.1) is 35.2 Å². The first-order valence-corrected chi connectivity index (χ1v) is 10.8. The molecule has 0 aliphatic carbocycles. The highest BCUT2D eigenvalue weighted by Gasteiger charge is 2.41. The number of aryl methyl sites for hydroxylation is 1. The zero-order valence-electron chi connectivity index (χ0n) is 17.0. The molecule has 2 aliphatic rings. The van der Waals surface area contributed by atoms with E-state index in [1.54, 1.807) is 6.07 Å². The molecular weight excluding hydrogens is 444 g/mol. The number of carbonyl (C=O) groups is 3. The number of hydrogen-bond donors (Lipinski definition) is 2. The Bertz CT molecular complexity index is 1040. The quantitative estimate of drug-likeness (QED) is 0.395. The third-order valence-electron chi connectivity index (χ3n) is 4.59. The van der Waals surface area contributed by atoms with Crippen LogP contribution in [-0.2, 0) is 19.1 Å². The van der Waals surface area contributed by atoms with Crippen molar-refractivity contribution in [3.8, 4) is 0 Å². The molecular formula is C20H20N2O5S3. The van der Waals surface area contributed by atoms with Gasteiger partial charge in [0.25, 0.3) is 5.91 Å². The third-order valence-corrected chi connectivity index (χ3v) is 7.86. The number of fused-ring (bicyclic) bond motifs is 1. The number of amides is 1. The van der Waals surface area contributed by atoms with Gasteiger partial charge in [0.15, 0.2) is 0 Å². The summed E-state index contributed by atoms with van der Waals surface area (Å²) in [6, 6.07) is 3.61. The summed E-state index contributed by atoms with van der Waals surface area (Å²) in [5.74, 6) is -1.83. The highest BCUT2D eigenvalue weighted by molar-refractivity contribution is 8.29. The van der Waals surface area contributed by atoms with E-state index in [-0.39, 0.29) is 9.81 Å². The Balaban J connectivity index is 2.27. The number of nitrogens with one attached hydrogen (secondary N) is 1. The first-order valence-electron chi connectivity index (χ1n) is 8.80. The zero-order chi connectivity index (χ0) is 22.4. The van der Waals surface area contributed by atoms with Gasteiger partial charge in [-0.05, 0) is 38.5 Å². The van der Waals surface area contributed by atoms with Gasteiger partial charge in [0.1, 0.15) is 9.81 Å². The Morgan fingerprint density at radius 1 is 1.07 bits per heavy atom. The Morgan fingerprint density at radius 3 is 2.07 bits per heavy atom. The number of rotatable bonds is 3. The summed E-state index contributed by atoms with van der Waals surface area (Å²) in [5, 5.41) is 3.32. The fraction of sp³-hybridized carbons (Fsp3) is 0.300. The molecule has 0 spiro atoms. The van der Waals surface area contributed by atoms with Crippen molar-refractivity contribution in [3.05, 3.63) is 42.9 Å². The van der Waals surface area contributed by atoms with Crippen molar-refractivity contribution in [2.45, 2.75) is 26.3 Å². The van der Waals surface area contributed by atoms with Crippen molar-refractivity contribution in [1.82, 2.24) is 0 Å². The summed E-state index contributed by atoms with van der Waals surface area (Å²) in [5.41, 5.74) is 8.05. The molecule has 7 nitrogen and oxygen atoms in total. The SMILES string of the molecule is COC(=O)C1=C(C(=O)OC)SC(=C2C(=S)C(C)(C)Nc3c(C(N)=O)cc(C)cc32)S1. The van der Waals surface area contributed by atoms with Gasteiger partial charge < -0.3 is 20.5 Å². The first-order chi connectivity index (χ1) is 14.0. The Kier molecular flexibility index (Phi) is 6.03. The molecule has 3 rings (SSSR count). The molecule has 1 aromatic rings. The van der Waals surface area contributed by atoms with Crippen LogP contribution < -0.4 is 11.1 Å². The standard InChI is InChI=1S/C20H20N2O5S3/c1-8-6-9-11(15(28)20(2,3)22-12(9)10(7-8)16(21)23)19-29-13(17(24)26-4)14(30-19)18(25)27-5/h6-7,22H,1-5H3,(H2,21,23). The van der Waals surface area contributed by atoms with Crippen LogP contribution in [-0.4, -0.2) is 42.5 Å². The summed E-state index contributed by atoms with van der Waals surface area (Å²) >= 11 is 7.99. The second kappa shape index (κ2) is 8.09. The Hall–Kier alpha value is -2.30. The molecule has 0 atom stereocenters. The van der Waals surface area contributed by atoms with Crippen molar-refractivity contribution < 1.29 is 23.9 Å². The summed E-state index contributed by atoms with van der Waals surface area (Å²) in [4.78, 5) is 37.5. The van der Waals surface area contributed by atoms with Crippen LogP contribution in [0.5, 0.6) is 0 Å². The lowest BCUT2D eigenvalue weighted by Gasteiger charge is -2.38. The monoisotopic (exact) mass is 464 g/mol. The van der Waals surface area contributed by atoms with Crippen molar-refractivity contribution in [1.29, 1.82) is 0 Å². The van der Waals surface area contributed by atoms with Crippen LogP contribution in [0.4, 0.5) is 5.69 Å². The molecule has 0 saturated heterocycles. The molecule has 3 N–H and O–H groups in total. The van der Waals surface area contributed by atoms with Crippen molar-refractivity contribution in [2.24, 2.45) is 5.73 Å². The van der Waals surface area contributed by atoms with E-state index >= 15 is 0 Å². The smallest absolute Gasteiger partial charge is 0.346 e. The Morgan fingerprint density at radius 2 is 1.60 bits per heavy atom. The second-order valence-corrected chi connectivity index (χ2v) is 9.89. The van der Waals surface area contributed by atoms with Gasteiger partial charge in [0, 0.05) is 16.0 Å². The normalized spacial score (nSPS) is 17.4. The van der Waals surface area contributed by atoms with Gasteiger partial charge in [-0.3, -0.25) is 4.79 Å². The minimum absolute atomic E-state index is 0.139. The summed E-state index contributed by atoms with van der Waals surface area (Å²) < 4.78 is 10.3. The van der Waals surface area contributed by atoms with Gasteiger partial charge in [-0.25, -0.2) is 9.59 Å². The lowest BCUT2D eigenvalue weighted by molar-refractivity contribution is -0.138. The molecule has 10 heteroatoms. The van der Waals surface area contributed by atoms with Crippen LogP contribution in [0.3, 0.4) is 0 Å². The molecule has 0 saturated carbocycles. The number of primary amides is 1. The number of nitrogens with two attached hydrogens (primary N) is 1. The van der Waals surface area contributed by atoms with E-state index in [4.69, 9.17) is 27.4 Å². The molecule has 0 bridgehead atoms. The number of hydrogen-bond acceptors (Lipinski definition) is 9. The zero-order valence-corrected chi connectivity index (χ0v) is 19.4. The van der Waals surface area contributed by atoms with E-state index in [2.05, 4.69) is 5.32 Å². The highest BCUT2D eigenvalue weighted by Crippen LogP contribution is 2.55. The van der Waals surface area contributed by atoms with Crippen molar-refractivity contribution in [3.63, 3.8) is 0 Å². The molecule has 0 aromatic heterocycles. The number of ether oxygens (including phenoxy) is 2. The van der Waals surface area contributed by atoms with Crippen LogP contribution in [0.15, 0.2) is 26.2 Å². The van der Waals surface area contributed by atoms with E-state index in [0.29, 0.717) is 31.5 Å². The van der Waals surface area contributed by atoms with Crippen LogP contribution in [0.25, 0.3) is 5.57 Å². The lowest BCUT2D eigenvalue weighted by atomic mass is 9.83. The summed E-state index contributed by atoms with van der Waals surface area (Å²) in [6.45, 7) is 5.64. The topological polar surface area (TPSA) is 108 Å². The van der Waals surface area contributed by atoms with Gasteiger partial charge in [-0.1, -0.05) is 35.7 Å². The average Bonchev–Trinajstić information content (AvgIpc) is 3.12. The second-order valence-electron chi connectivity index (χ2n) is 7.19. The van der Waals surface area contributed by atoms with E-state index in [1.165, 1.54) is 14.2 Å². The van der Waals surface area contributed by atoms with Crippen molar-refractivity contribution in [2.75, 3.05) is 19.5 Å². The molecule has 158 valence electrons. The van der Waals surface area contributed by atoms with E-state index in [9.17, 15) is 14.4 Å². The van der Waals surface area contributed by atoms with Gasteiger partial charge in [0.2, 0.25) is 0 Å². The van der Waals surface area contributed by atoms with Gasteiger partial charge >= 0.3 is 11.9 Å². The molecule has 0 unspecified atom stereocenters. The third kappa shape index (κ3) is 3.75. The average molecular weight is 465 g/mol. The minimum atomic E-state index is -0.676. The van der Waals surface area contributed by atoms with E-state index in [1.807, 2.05) is 26.8 Å². The summed E-state index contributed by atoms with van der Waals surface area (Å²) in [7, 11) is 2.49. The Labute approximate surface area is 187 Å². The van der Waals surface area contributed by atoms with Gasteiger partial charge in [-0.2, -0.15) is 0 Å². The highest BCUT2D eigenvalue weighted by atomic mass is 32.2. The molecule has 30 heavy (non-hydrogen) atoms. The maximum Gasteiger partial charge on any atom is 0.346 e. The number of methoxy groups -OCH3 is 2. The van der Waals surface area contributed by atoms with Gasteiger partial charge in [-0.15, -0.1) is 0 Å². The number of anilines is 1. The number of carbonyl (C=O) groups excluding carboxylic acids is 3. The maximum atomic E-state index is 12.3. The fourth-order valence-electron chi connectivity index (χ4n) is 3.17. The van der Waals surface area contributed by atoms with Crippen LogP contribution in [0.2, 0.25) is 0 Å².